The number of nitrogens with one attached hydrogen (secondary N) is 2. The zero-order chi connectivity index (χ0) is 20.4. The van der Waals surface area contributed by atoms with Gasteiger partial charge in [-0.05, 0) is 30.2 Å². The molecule has 0 radical (unpaired) electrons. The highest BCUT2D eigenvalue weighted by atomic mass is 32.2. The van der Waals surface area contributed by atoms with Crippen molar-refractivity contribution < 1.29 is 12.8 Å². The van der Waals surface area contributed by atoms with Gasteiger partial charge in [0, 0.05) is 30.8 Å². The molecule has 0 fully saturated rings. The van der Waals surface area contributed by atoms with E-state index in [1.165, 1.54) is 24.0 Å². The Morgan fingerprint density at radius 1 is 1.17 bits per heavy atom. The van der Waals surface area contributed by atoms with E-state index in [1.54, 1.807) is 0 Å². The van der Waals surface area contributed by atoms with E-state index < -0.39 is 15.7 Å². The van der Waals surface area contributed by atoms with Crippen molar-refractivity contribution in [3.05, 3.63) is 77.5 Å². The average Bonchev–Trinajstić information content (AvgIpc) is 2.69. The first-order chi connectivity index (χ1) is 13.9. The van der Waals surface area contributed by atoms with Gasteiger partial charge in [-0.25, -0.2) is 22.8 Å². The van der Waals surface area contributed by atoms with Crippen LogP contribution < -0.4 is 10.6 Å². The third kappa shape index (κ3) is 4.44. The molecule has 8 heteroatoms. The summed E-state index contributed by atoms with van der Waals surface area (Å²) < 4.78 is 37.6. The van der Waals surface area contributed by atoms with E-state index in [4.69, 9.17) is 0 Å². The van der Waals surface area contributed by atoms with Crippen LogP contribution in [0.15, 0.2) is 59.8 Å². The quantitative estimate of drug-likeness (QED) is 0.670. The van der Waals surface area contributed by atoms with E-state index in [1.807, 2.05) is 18.2 Å². The Kier molecular flexibility index (Phi) is 5.29. The molecule has 3 aromatic rings. The van der Waals surface area contributed by atoms with Gasteiger partial charge < -0.3 is 10.6 Å². The van der Waals surface area contributed by atoms with Gasteiger partial charge in [0.05, 0.1) is 16.3 Å². The topological polar surface area (TPSA) is 84.0 Å². The smallest absolute Gasteiger partial charge is 0.175 e. The van der Waals surface area contributed by atoms with Crippen LogP contribution in [0.1, 0.15) is 16.8 Å². The number of sulfone groups is 1. The number of benzene rings is 2. The molecule has 0 saturated carbocycles. The molecule has 6 nitrogen and oxygen atoms in total. The van der Waals surface area contributed by atoms with E-state index in [0.29, 0.717) is 12.4 Å². The molecule has 0 bridgehead atoms. The van der Waals surface area contributed by atoms with Crippen LogP contribution in [0.4, 0.5) is 15.9 Å². The minimum atomic E-state index is -3.46. The molecule has 0 spiro atoms. The van der Waals surface area contributed by atoms with Crippen LogP contribution in [-0.4, -0.2) is 30.7 Å². The van der Waals surface area contributed by atoms with Crippen LogP contribution in [-0.2, 0) is 29.2 Å². The number of nitrogens with zero attached hydrogens (tertiary/aromatic N) is 2. The van der Waals surface area contributed by atoms with Crippen molar-refractivity contribution in [2.75, 3.05) is 11.6 Å². The van der Waals surface area contributed by atoms with Crippen LogP contribution in [0.5, 0.6) is 0 Å². The van der Waals surface area contributed by atoms with Crippen molar-refractivity contribution in [2.24, 2.45) is 0 Å². The van der Waals surface area contributed by atoms with E-state index in [0.717, 1.165) is 36.4 Å². The number of fused-ring (bicyclic) bond motifs is 1. The predicted molar refractivity (Wildman–Crippen MR) is 109 cm³/mol. The number of hydrogen-bond donors (Lipinski definition) is 2. The molecular formula is C21H21FN4O2S. The van der Waals surface area contributed by atoms with Gasteiger partial charge in [-0.1, -0.05) is 30.3 Å². The summed E-state index contributed by atoms with van der Waals surface area (Å²) in [4.78, 5) is 8.62. The van der Waals surface area contributed by atoms with Crippen LogP contribution in [0.3, 0.4) is 0 Å². The lowest BCUT2D eigenvalue weighted by molar-refractivity contribution is 0.469. The van der Waals surface area contributed by atoms with E-state index in [2.05, 4.69) is 32.7 Å². The highest BCUT2D eigenvalue weighted by Gasteiger charge is 2.23. The average molecular weight is 412 g/mol. The fraction of sp³-hybridized carbons (Fsp3) is 0.238. The second-order valence-corrected chi connectivity index (χ2v) is 9.17. The standard InChI is InChI=1S/C21H21FN4O2S/c1-29(27,28)16-7-8-19(18(22)11-16)26-21-17-12-23-15(10-20(17)24-13-25-21)9-14-5-3-2-4-6-14/h2-8,11,13,15,23H,9-10,12H2,1H3,(H,24,25,26). The summed E-state index contributed by atoms with van der Waals surface area (Å²) in [5.41, 5.74) is 3.25. The lowest BCUT2D eigenvalue weighted by Crippen LogP contribution is -2.38. The normalized spacial score (nSPS) is 16.3. The largest absolute Gasteiger partial charge is 0.337 e. The van der Waals surface area contributed by atoms with Crippen LogP contribution in [0, 0.1) is 5.82 Å². The van der Waals surface area contributed by atoms with Gasteiger partial charge in [-0.3, -0.25) is 0 Å². The molecule has 2 heterocycles. The molecule has 150 valence electrons. The third-order valence-corrected chi connectivity index (χ3v) is 6.10. The van der Waals surface area contributed by atoms with E-state index in [9.17, 15) is 12.8 Å². The van der Waals surface area contributed by atoms with Crippen molar-refractivity contribution >= 4 is 21.3 Å². The van der Waals surface area contributed by atoms with Crippen molar-refractivity contribution in [3.8, 4) is 0 Å². The van der Waals surface area contributed by atoms with Gasteiger partial charge in [0.25, 0.3) is 0 Å². The summed E-state index contributed by atoms with van der Waals surface area (Å²) in [6, 6.07) is 14.3. The second kappa shape index (κ2) is 7.88. The minimum absolute atomic E-state index is 0.0595. The molecule has 0 aliphatic carbocycles. The van der Waals surface area contributed by atoms with E-state index in [-0.39, 0.29) is 16.6 Å². The molecule has 1 aliphatic rings. The Labute approximate surface area is 169 Å². The Bertz CT molecular complexity index is 1140. The lowest BCUT2D eigenvalue weighted by Gasteiger charge is -2.26. The lowest BCUT2D eigenvalue weighted by atomic mass is 9.96. The maximum absolute atomic E-state index is 14.4. The highest BCUT2D eigenvalue weighted by Crippen LogP contribution is 2.27. The van der Waals surface area contributed by atoms with Gasteiger partial charge in [-0.2, -0.15) is 0 Å². The Balaban J connectivity index is 1.54. The van der Waals surface area contributed by atoms with Gasteiger partial charge in [0.1, 0.15) is 18.0 Å². The van der Waals surface area contributed by atoms with Crippen LogP contribution >= 0.6 is 0 Å². The summed E-state index contributed by atoms with van der Waals surface area (Å²) in [5, 5.41) is 6.48. The highest BCUT2D eigenvalue weighted by molar-refractivity contribution is 7.90. The maximum atomic E-state index is 14.4. The summed E-state index contributed by atoms with van der Waals surface area (Å²) in [7, 11) is -3.46. The molecule has 29 heavy (non-hydrogen) atoms. The van der Waals surface area contributed by atoms with Gasteiger partial charge in [-0.15, -0.1) is 0 Å². The van der Waals surface area contributed by atoms with Gasteiger partial charge in [0.2, 0.25) is 0 Å². The van der Waals surface area contributed by atoms with Crippen LogP contribution in [0.25, 0.3) is 0 Å². The first kappa shape index (κ1) is 19.5. The Morgan fingerprint density at radius 2 is 1.97 bits per heavy atom. The van der Waals surface area contributed by atoms with Crippen molar-refractivity contribution in [2.45, 2.75) is 30.3 Å². The summed E-state index contributed by atoms with van der Waals surface area (Å²) in [5.74, 6) is -0.127. The second-order valence-electron chi connectivity index (χ2n) is 7.16. The molecule has 0 amide bonds. The molecule has 1 unspecified atom stereocenters. The maximum Gasteiger partial charge on any atom is 0.175 e. The van der Waals surface area contributed by atoms with Crippen LogP contribution in [0.2, 0.25) is 0 Å². The molecule has 1 atom stereocenters. The monoisotopic (exact) mass is 412 g/mol. The predicted octanol–water partition coefficient (Wildman–Crippen LogP) is 3.02. The number of anilines is 2. The first-order valence-electron chi connectivity index (χ1n) is 9.27. The number of aromatic nitrogens is 2. The van der Waals surface area contributed by atoms with E-state index >= 15 is 0 Å². The molecule has 1 aromatic heterocycles. The molecule has 4 rings (SSSR count). The molecule has 2 aromatic carbocycles. The Morgan fingerprint density at radius 3 is 2.69 bits per heavy atom. The Hall–Kier alpha value is -2.84. The number of hydrogen-bond acceptors (Lipinski definition) is 6. The molecule has 1 aliphatic heterocycles. The van der Waals surface area contributed by atoms with Gasteiger partial charge in [0.15, 0.2) is 9.84 Å². The summed E-state index contributed by atoms with van der Waals surface area (Å²) in [6.45, 7) is 0.569. The zero-order valence-electron chi connectivity index (χ0n) is 15.9. The van der Waals surface area contributed by atoms with Crippen molar-refractivity contribution in [1.82, 2.24) is 15.3 Å². The first-order valence-corrected chi connectivity index (χ1v) is 11.2. The van der Waals surface area contributed by atoms with Crippen molar-refractivity contribution in [1.29, 1.82) is 0 Å². The molecule has 0 saturated heterocycles. The number of rotatable bonds is 5. The third-order valence-electron chi connectivity index (χ3n) is 4.99. The fourth-order valence-electron chi connectivity index (χ4n) is 3.47. The fourth-order valence-corrected chi connectivity index (χ4v) is 4.10. The van der Waals surface area contributed by atoms with Crippen molar-refractivity contribution in [3.63, 3.8) is 0 Å². The number of halogens is 1. The SMILES string of the molecule is CS(=O)(=O)c1ccc(Nc2ncnc3c2CNC(Cc2ccccc2)C3)c(F)c1. The summed E-state index contributed by atoms with van der Waals surface area (Å²) in [6.07, 6.45) is 4.16. The molecular weight excluding hydrogens is 391 g/mol. The molecule has 2 N–H and O–H groups in total. The minimum Gasteiger partial charge on any atom is -0.337 e. The summed E-state index contributed by atoms with van der Waals surface area (Å²) >= 11 is 0. The van der Waals surface area contributed by atoms with Gasteiger partial charge >= 0.3 is 0 Å². The zero-order valence-corrected chi connectivity index (χ0v) is 16.7.